The molecule has 2 bridgehead atoms. The lowest BCUT2D eigenvalue weighted by atomic mass is 9.85. The molecule has 0 aromatic heterocycles. The molecule has 0 aromatic carbocycles. The summed E-state index contributed by atoms with van der Waals surface area (Å²) < 4.78 is 4.86. The van der Waals surface area contributed by atoms with Gasteiger partial charge in [-0.15, -0.1) is 0 Å². The minimum atomic E-state index is -0.465. The number of hydrogen-bond acceptors (Lipinski definition) is 4. The largest absolute Gasteiger partial charge is 0.461 e. The Morgan fingerprint density at radius 1 is 1.44 bits per heavy atom. The van der Waals surface area contributed by atoms with Crippen LogP contribution in [0.25, 0.3) is 0 Å². The van der Waals surface area contributed by atoms with E-state index in [1.54, 1.807) is 6.92 Å². The van der Waals surface area contributed by atoms with Gasteiger partial charge in [0.25, 0.3) is 0 Å². The van der Waals surface area contributed by atoms with Gasteiger partial charge in [-0.1, -0.05) is 11.6 Å². The number of nitrogens with zero attached hydrogens (tertiary/aromatic N) is 1. The standard InChI is InChI=1S/C12H19NO3/c1-2-16-12(14)11(13-15)7-10-6-8-3-4-9(10)5-8/h8-10,15H,2-7H2,1H3/b13-11-. The molecule has 0 heterocycles. The van der Waals surface area contributed by atoms with Crippen LogP contribution in [0.1, 0.15) is 39.0 Å². The van der Waals surface area contributed by atoms with Crippen molar-refractivity contribution < 1.29 is 14.7 Å². The molecule has 2 aliphatic carbocycles. The molecule has 2 aliphatic rings. The van der Waals surface area contributed by atoms with Gasteiger partial charge in [0.15, 0.2) is 5.71 Å². The van der Waals surface area contributed by atoms with Gasteiger partial charge in [0.05, 0.1) is 6.61 Å². The first kappa shape index (κ1) is 11.4. The first-order chi connectivity index (χ1) is 7.74. The lowest BCUT2D eigenvalue weighted by molar-refractivity contribution is -0.135. The van der Waals surface area contributed by atoms with Crippen LogP contribution in [0.2, 0.25) is 0 Å². The first-order valence-corrected chi connectivity index (χ1v) is 6.12. The average molecular weight is 225 g/mol. The molecule has 3 unspecified atom stereocenters. The molecule has 0 aromatic rings. The van der Waals surface area contributed by atoms with Crippen molar-refractivity contribution in [2.24, 2.45) is 22.9 Å². The Labute approximate surface area is 95.7 Å². The van der Waals surface area contributed by atoms with Crippen LogP contribution in [0.15, 0.2) is 5.16 Å². The second-order valence-electron chi connectivity index (χ2n) is 4.91. The maximum absolute atomic E-state index is 11.5. The van der Waals surface area contributed by atoms with E-state index in [1.165, 1.54) is 25.7 Å². The van der Waals surface area contributed by atoms with E-state index in [0.29, 0.717) is 18.9 Å². The molecule has 3 atom stereocenters. The van der Waals surface area contributed by atoms with Crippen molar-refractivity contribution >= 4 is 11.7 Å². The molecule has 4 heteroatoms. The van der Waals surface area contributed by atoms with Gasteiger partial charge in [-0.25, -0.2) is 4.79 Å². The van der Waals surface area contributed by atoms with Gasteiger partial charge in [0.2, 0.25) is 0 Å². The zero-order valence-electron chi connectivity index (χ0n) is 9.69. The molecule has 2 saturated carbocycles. The summed E-state index contributed by atoms with van der Waals surface area (Å²) >= 11 is 0. The third-order valence-corrected chi connectivity index (χ3v) is 3.97. The highest BCUT2D eigenvalue weighted by atomic mass is 16.5. The molecule has 0 radical (unpaired) electrons. The van der Waals surface area contributed by atoms with Crippen molar-refractivity contribution in [1.82, 2.24) is 0 Å². The molecule has 2 rings (SSSR count). The average Bonchev–Trinajstić information content (AvgIpc) is 2.87. The predicted octanol–water partition coefficient (Wildman–Crippen LogP) is 2.21. The van der Waals surface area contributed by atoms with Crippen molar-refractivity contribution in [3.05, 3.63) is 0 Å². The van der Waals surface area contributed by atoms with Crippen LogP contribution in [0, 0.1) is 17.8 Å². The van der Waals surface area contributed by atoms with Gasteiger partial charge >= 0.3 is 5.97 Å². The molecule has 16 heavy (non-hydrogen) atoms. The van der Waals surface area contributed by atoms with Gasteiger partial charge in [-0.05, 0) is 43.9 Å². The van der Waals surface area contributed by atoms with Crippen molar-refractivity contribution in [3.63, 3.8) is 0 Å². The molecule has 90 valence electrons. The van der Waals surface area contributed by atoms with Crippen LogP contribution in [-0.4, -0.2) is 23.5 Å². The molecule has 0 saturated heterocycles. The highest BCUT2D eigenvalue weighted by Crippen LogP contribution is 2.49. The Hall–Kier alpha value is -1.06. The van der Waals surface area contributed by atoms with E-state index in [0.717, 1.165) is 11.8 Å². The lowest BCUT2D eigenvalue weighted by Gasteiger charge is -2.21. The van der Waals surface area contributed by atoms with Crippen molar-refractivity contribution in [2.45, 2.75) is 39.0 Å². The molecule has 1 N–H and O–H groups in total. The summed E-state index contributed by atoms with van der Waals surface area (Å²) in [6.07, 6.45) is 5.68. The van der Waals surface area contributed by atoms with Crippen LogP contribution < -0.4 is 0 Å². The van der Waals surface area contributed by atoms with Crippen LogP contribution in [0.3, 0.4) is 0 Å². The van der Waals surface area contributed by atoms with Crippen molar-refractivity contribution in [1.29, 1.82) is 0 Å². The number of hydrogen-bond donors (Lipinski definition) is 1. The summed E-state index contributed by atoms with van der Waals surface area (Å²) in [5, 5.41) is 11.9. The molecule has 0 spiro atoms. The van der Waals surface area contributed by atoms with Gasteiger partial charge in [0.1, 0.15) is 0 Å². The van der Waals surface area contributed by atoms with Crippen LogP contribution in [0.5, 0.6) is 0 Å². The SMILES string of the molecule is CCOC(=O)/C(CC1CC2CCC1C2)=N\O. The quantitative estimate of drug-likeness (QED) is 0.345. The van der Waals surface area contributed by atoms with E-state index in [2.05, 4.69) is 5.16 Å². The van der Waals surface area contributed by atoms with E-state index in [4.69, 9.17) is 9.94 Å². The molecule has 4 nitrogen and oxygen atoms in total. The summed E-state index contributed by atoms with van der Waals surface area (Å²) in [5.41, 5.74) is 0.194. The Bertz CT molecular complexity index is 301. The second kappa shape index (κ2) is 4.85. The lowest BCUT2D eigenvalue weighted by Crippen LogP contribution is -2.23. The normalized spacial score (nSPS) is 33.1. The predicted molar refractivity (Wildman–Crippen MR) is 59.4 cm³/mol. The summed E-state index contributed by atoms with van der Waals surface area (Å²) in [6, 6.07) is 0. The summed E-state index contributed by atoms with van der Waals surface area (Å²) in [5.74, 6) is 1.63. The van der Waals surface area contributed by atoms with Gasteiger partial charge in [0, 0.05) is 6.42 Å². The van der Waals surface area contributed by atoms with Crippen LogP contribution in [-0.2, 0) is 9.53 Å². The number of carbonyl (C=O) groups is 1. The van der Waals surface area contributed by atoms with E-state index < -0.39 is 5.97 Å². The van der Waals surface area contributed by atoms with E-state index in [9.17, 15) is 4.79 Å². The van der Waals surface area contributed by atoms with Crippen molar-refractivity contribution in [2.75, 3.05) is 6.61 Å². The number of rotatable bonds is 4. The molecule has 0 aliphatic heterocycles. The minimum absolute atomic E-state index is 0.194. The summed E-state index contributed by atoms with van der Waals surface area (Å²) in [4.78, 5) is 11.5. The Kier molecular flexibility index (Phi) is 3.46. The fraction of sp³-hybridized carbons (Fsp3) is 0.833. The monoisotopic (exact) mass is 225 g/mol. The van der Waals surface area contributed by atoms with Gasteiger partial charge < -0.3 is 9.94 Å². The van der Waals surface area contributed by atoms with E-state index in [-0.39, 0.29) is 5.71 Å². The topological polar surface area (TPSA) is 58.9 Å². The summed E-state index contributed by atoms with van der Waals surface area (Å²) in [6.45, 7) is 2.08. The third kappa shape index (κ3) is 2.20. The maximum atomic E-state index is 11.5. The first-order valence-electron chi connectivity index (χ1n) is 6.12. The number of ether oxygens (including phenoxy) is 1. The highest BCUT2D eigenvalue weighted by molar-refractivity contribution is 6.36. The smallest absolute Gasteiger partial charge is 0.356 e. The fourth-order valence-electron chi connectivity index (χ4n) is 3.25. The summed E-state index contributed by atoms with van der Waals surface area (Å²) in [7, 11) is 0. The van der Waals surface area contributed by atoms with Gasteiger partial charge in [-0.2, -0.15) is 0 Å². The molecular formula is C12H19NO3. The van der Waals surface area contributed by atoms with Crippen LogP contribution >= 0.6 is 0 Å². The van der Waals surface area contributed by atoms with Crippen molar-refractivity contribution in [3.8, 4) is 0 Å². The van der Waals surface area contributed by atoms with Gasteiger partial charge in [-0.3, -0.25) is 0 Å². The Balaban J connectivity index is 1.90. The van der Waals surface area contributed by atoms with E-state index in [1.807, 2.05) is 0 Å². The molecular weight excluding hydrogens is 206 g/mol. The second-order valence-corrected chi connectivity index (χ2v) is 4.91. The minimum Gasteiger partial charge on any atom is -0.461 e. The van der Waals surface area contributed by atoms with E-state index >= 15 is 0 Å². The zero-order valence-corrected chi connectivity index (χ0v) is 9.69. The fourth-order valence-corrected chi connectivity index (χ4v) is 3.25. The highest BCUT2D eigenvalue weighted by Gasteiger charge is 2.40. The molecule has 2 fully saturated rings. The number of oxime groups is 1. The Morgan fingerprint density at radius 2 is 2.25 bits per heavy atom. The Morgan fingerprint density at radius 3 is 2.75 bits per heavy atom. The molecule has 0 amide bonds. The number of esters is 1. The third-order valence-electron chi connectivity index (χ3n) is 3.97. The number of carbonyl (C=O) groups excluding carboxylic acids is 1. The van der Waals surface area contributed by atoms with Crippen LogP contribution in [0.4, 0.5) is 0 Å². The zero-order chi connectivity index (χ0) is 11.5. The maximum Gasteiger partial charge on any atom is 0.356 e. The number of fused-ring (bicyclic) bond motifs is 2.